The highest BCUT2D eigenvalue weighted by atomic mass is 32.2. The number of ether oxygens (including phenoxy) is 1. The largest absolute Gasteiger partial charge is 0.494 e. The lowest BCUT2D eigenvalue weighted by atomic mass is 10.0. The third kappa shape index (κ3) is 9.19. The van der Waals surface area contributed by atoms with Gasteiger partial charge >= 0.3 is 0 Å². The second-order valence-electron chi connectivity index (χ2n) is 11.4. The summed E-state index contributed by atoms with van der Waals surface area (Å²) in [5, 5.41) is 2.98. The molecule has 0 saturated carbocycles. The Hall–Kier alpha value is -4.70. The second kappa shape index (κ2) is 16.2. The summed E-state index contributed by atoms with van der Waals surface area (Å²) in [4.78, 5) is 29.7. The molecule has 0 spiro atoms. The molecule has 0 aromatic heterocycles. The molecule has 0 heterocycles. The molecule has 47 heavy (non-hydrogen) atoms. The minimum absolute atomic E-state index is 0.0367. The fourth-order valence-corrected chi connectivity index (χ4v) is 6.46. The second-order valence-corrected chi connectivity index (χ2v) is 13.3. The first-order valence-corrected chi connectivity index (χ1v) is 17.2. The first-order valence-electron chi connectivity index (χ1n) is 15.7. The van der Waals surface area contributed by atoms with Crippen molar-refractivity contribution in [3.63, 3.8) is 0 Å². The van der Waals surface area contributed by atoms with Crippen molar-refractivity contribution >= 4 is 27.5 Å². The molecule has 10 heteroatoms. The number of sulfonamides is 1. The molecule has 4 aromatic carbocycles. The SMILES string of the molecule is CCOc1ccc(S(=O)(=O)N(CC(=O)N(Cc2ccccc2F)[C@H](Cc2ccccc2)C(=O)N[C@H](C)CC)c2ccc(C)cc2)cc1. The molecule has 0 unspecified atom stereocenters. The molecule has 0 saturated heterocycles. The maximum atomic E-state index is 15.1. The summed E-state index contributed by atoms with van der Waals surface area (Å²) < 4.78 is 50.0. The number of nitrogens with zero attached hydrogens (tertiary/aromatic N) is 2. The van der Waals surface area contributed by atoms with E-state index in [0.717, 1.165) is 15.4 Å². The minimum atomic E-state index is -4.28. The number of carbonyl (C=O) groups excluding carboxylic acids is 2. The molecule has 4 aromatic rings. The van der Waals surface area contributed by atoms with Gasteiger partial charge in [0.1, 0.15) is 24.2 Å². The van der Waals surface area contributed by atoms with Crippen LogP contribution in [-0.2, 0) is 32.6 Å². The van der Waals surface area contributed by atoms with E-state index in [2.05, 4.69) is 5.32 Å². The summed E-state index contributed by atoms with van der Waals surface area (Å²) in [6.45, 7) is 7.05. The number of benzene rings is 4. The number of carbonyl (C=O) groups is 2. The zero-order valence-corrected chi connectivity index (χ0v) is 28.0. The normalized spacial score (nSPS) is 12.5. The quantitative estimate of drug-likeness (QED) is 0.162. The average molecular weight is 660 g/mol. The van der Waals surface area contributed by atoms with E-state index in [9.17, 15) is 18.0 Å². The molecule has 0 aliphatic heterocycles. The molecule has 1 N–H and O–H groups in total. The predicted molar refractivity (Wildman–Crippen MR) is 182 cm³/mol. The van der Waals surface area contributed by atoms with Crippen LogP contribution in [0.3, 0.4) is 0 Å². The Balaban J connectivity index is 1.80. The molecule has 4 rings (SSSR count). The molecule has 8 nitrogen and oxygen atoms in total. The number of hydrogen-bond acceptors (Lipinski definition) is 5. The van der Waals surface area contributed by atoms with E-state index in [4.69, 9.17) is 4.74 Å². The summed E-state index contributed by atoms with van der Waals surface area (Å²) in [5.41, 5.74) is 2.17. The van der Waals surface area contributed by atoms with E-state index in [1.165, 1.54) is 23.1 Å². The lowest BCUT2D eigenvalue weighted by Crippen LogP contribution is -2.54. The van der Waals surface area contributed by atoms with Gasteiger partial charge in [-0.3, -0.25) is 13.9 Å². The van der Waals surface area contributed by atoms with Crippen LogP contribution >= 0.6 is 0 Å². The van der Waals surface area contributed by atoms with Crippen LogP contribution < -0.4 is 14.4 Å². The van der Waals surface area contributed by atoms with Gasteiger partial charge in [-0.15, -0.1) is 0 Å². The number of rotatable bonds is 15. The van der Waals surface area contributed by atoms with Gasteiger partial charge < -0.3 is 15.0 Å². The molecule has 2 amide bonds. The topological polar surface area (TPSA) is 96.0 Å². The summed E-state index contributed by atoms with van der Waals surface area (Å²) >= 11 is 0. The number of nitrogens with one attached hydrogen (secondary N) is 1. The van der Waals surface area contributed by atoms with Gasteiger partial charge in [0, 0.05) is 24.6 Å². The van der Waals surface area contributed by atoms with Crippen molar-refractivity contribution in [1.82, 2.24) is 10.2 Å². The number of amides is 2. The third-order valence-electron chi connectivity index (χ3n) is 7.89. The summed E-state index contributed by atoms with van der Waals surface area (Å²) in [6.07, 6.45) is 0.798. The first kappa shape index (κ1) is 35.2. The number of anilines is 1. The Morgan fingerprint density at radius 3 is 2.13 bits per heavy atom. The Morgan fingerprint density at radius 2 is 1.51 bits per heavy atom. The summed E-state index contributed by atoms with van der Waals surface area (Å²) in [7, 11) is -4.28. The van der Waals surface area contributed by atoms with E-state index in [0.29, 0.717) is 18.8 Å². The van der Waals surface area contributed by atoms with E-state index in [1.54, 1.807) is 54.6 Å². The predicted octanol–water partition coefficient (Wildman–Crippen LogP) is 6.28. The van der Waals surface area contributed by atoms with Crippen LogP contribution in [-0.4, -0.2) is 50.4 Å². The fourth-order valence-electron chi connectivity index (χ4n) is 5.05. The van der Waals surface area contributed by atoms with Gasteiger partial charge in [0.15, 0.2) is 0 Å². The van der Waals surface area contributed by atoms with E-state index < -0.39 is 40.2 Å². The van der Waals surface area contributed by atoms with Crippen LogP contribution in [0.5, 0.6) is 5.75 Å². The standard InChI is InChI=1S/C37H42FN3O5S/c1-5-28(4)39-37(43)35(24-29-12-8-7-9-13-29)40(25-30-14-10-11-15-34(30)38)36(42)26-41(31-18-16-27(3)17-19-31)47(44,45)33-22-20-32(21-23-33)46-6-2/h7-23,28,35H,5-6,24-26H2,1-4H3,(H,39,43)/t28-,35-/m1/s1. The molecule has 0 bridgehead atoms. The van der Waals surface area contributed by atoms with Gasteiger partial charge in [0.05, 0.1) is 17.2 Å². The fraction of sp³-hybridized carbons (Fsp3) is 0.297. The molecule has 0 radical (unpaired) electrons. The highest BCUT2D eigenvalue weighted by molar-refractivity contribution is 7.92. The first-order chi connectivity index (χ1) is 22.5. The Labute approximate surface area is 277 Å². The van der Waals surface area contributed by atoms with Gasteiger partial charge in [-0.05, 0) is 75.2 Å². The van der Waals surface area contributed by atoms with Crippen molar-refractivity contribution in [1.29, 1.82) is 0 Å². The van der Waals surface area contributed by atoms with Crippen LogP contribution in [0.2, 0.25) is 0 Å². The van der Waals surface area contributed by atoms with Crippen molar-refractivity contribution in [3.8, 4) is 5.75 Å². The van der Waals surface area contributed by atoms with E-state index in [1.807, 2.05) is 58.0 Å². The summed E-state index contributed by atoms with van der Waals surface area (Å²) in [6, 6.07) is 26.8. The van der Waals surface area contributed by atoms with Gasteiger partial charge in [-0.1, -0.05) is 73.2 Å². The molecule has 0 aliphatic rings. The number of aryl methyl sites for hydroxylation is 1. The zero-order valence-electron chi connectivity index (χ0n) is 27.2. The van der Waals surface area contributed by atoms with Crippen molar-refractivity contribution in [3.05, 3.63) is 126 Å². The van der Waals surface area contributed by atoms with Gasteiger partial charge in [-0.2, -0.15) is 0 Å². The lowest BCUT2D eigenvalue weighted by molar-refractivity contribution is -0.140. The smallest absolute Gasteiger partial charge is 0.264 e. The average Bonchev–Trinajstić information content (AvgIpc) is 3.07. The van der Waals surface area contributed by atoms with Crippen molar-refractivity contribution in [2.75, 3.05) is 17.5 Å². The number of hydrogen-bond donors (Lipinski definition) is 1. The molecule has 0 aliphatic carbocycles. The van der Waals surface area contributed by atoms with Crippen LogP contribution in [0, 0.1) is 12.7 Å². The number of halogens is 1. The lowest BCUT2D eigenvalue weighted by Gasteiger charge is -2.34. The van der Waals surface area contributed by atoms with Crippen LogP contribution in [0.15, 0.2) is 108 Å². The highest BCUT2D eigenvalue weighted by Crippen LogP contribution is 2.27. The Kier molecular flexibility index (Phi) is 12.1. The summed E-state index contributed by atoms with van der Waals surface area (Å²) in [5.74, 6) is -1.10. The van der Waals surface area contributed by atoms with Crippen molar-refractivity contribution in [2.24, 2.45) is 0 Å². The Bertz CT molecular complexity index is 1730. The molecular weight excluding hydrogens is 617 g/mol. The highest BCUT2D eigenvalue weighted by Gasteiger charge is 2.35. The molecular formula is C37H42FN3O5S. The maximum Gasteiger partial charge on any atom is 0.264 e. The van der Waals surface area contributed by atoms with Crippen LogP contribution in [0.25, 0.3) is 0 Å². The monoisotopic (exact) mass is 659 g/mol. The zero-order chi connectivity index (χ0) is 34.0. The van der Waals surface area contributed by atoms with E-state index in [-0.39, 0.29) is 35.2 Å². The Morgan fingerprint density at radius 1 is 0.872 bits per heavy atom. The van der Waals surface area contributed by atoms with Crippen LogP contribution in [0.4, 0.5) is 10.1 Å². The van der Waals surface area contributed by atoms with Crippen molar-refractivity contribution in [2.45, 2.75) is 64.1 Å². The minimum Gasteiger partial charge on any atom is -0.494 e. The van der Waals surface area contributed by atoms with E-state index >= 15 is 4.39 Å². The van der Waals surface area contributed by atoms with Gasteiger partial charge in [0.2, 0.25) is 11.8 Å². The van der Waals surface area contributed by atoms with Gasteiger partial charge in [0.25, 0.3) is 10.0 Å². The molecule has 2 atom stereocenters. The maximum absolute atomic E-state index is 15.1. The van der Waals surface area contributed by atoms with Gasteiger partial charge in [-0.25, -0.2) is 12.8 Å². The van der Waals surface area contributed by atoms with Crippen molar-refractivity contribution < 1.29 is 27.1 Å². The molecule has 248 valence electrons. The molecule has 0 fully saturated rings. The third-order valence-corrected chi connectivity index (χ3v) is 9.68. The van der Waals surface area contributed by atoms with Crippen LogP contribution in [0.1, 0.15) is 43.9 Å².